The lowest BCUT2D eigenvalue weighted by molar-refractivity contribution is -0.142. The second-order valence-corrected chi connectivity index (χ2v) is 8.26. The molecule has 0 aliphatic carbocycles. The molecular weight excluding hydrogens is 422 g/mol. The summed E-state index contributed by atoms with van der Waals surface area (Å²) in [5.74, 6) is -0.475. The van der Waals surface area contributed by atoms with Crippen LogP contribution >= 0.6 is 0 Å². The number of hydrogen-bond acceptors (Lipinski definition) is 8. The first kappa shape index (κ1) is 24.7. The Morgan fingerprint density at radius 1 is 1.15 bits per heavy atom. The Balaban J connectivity index is 1.67. The van der Waals surface area contributed by atoms with Crippen LogP contribution in [0.3, 0.4) is 0 Å². The van der Waals surface area contributed by atoms with Crippen molar-refractivity contribution in [3.05, 3.63) is 53.4 Å². The molecule has 0 saturated carbocycles. The van der Waals surface area contributed by atoms with Crippen molar-refractivity contribution in [3.63, 3.8) is 0 Å². The number of anilines is 1. The first-order valence-corrected chi connectivity index (χ1v) is 11.3. The van der Waals surface area contributed by atoms with Crippen molar-refractivity contribution in [2.24, 2.45) is 17.2 Å². The number of rotatable bonds is 12. The third-order valence-electron chi connectivity index (χ3n) is 5.69. The van der Waals surface area contributed by atoms with Crippen molar-refractivity contribution in [1.29, 1.82) is 0 Å². The first-order chi connectivity index (χ1) is 15.9. The van der Waals surface area contributed by atoms with Gasteiger partial charge in [-0.05, 0) is 62.8 Å². The third kappa shape index (κ3) is 6.55. The molecule has 1 aromatic rings. The highest BCUT2D eigenvalue weighted by Crippen LogP contribution is 2.26. The Labute approximate surface area is 194 Å². The molecule has 2 aliphatic rings. The molecule has 0 radical (unpaired) electrons. The monoisotopic (exact) mass is 457 g/mol. The number of carbonyl (C=O) groups is 2. The maximum Gasteiger partial charge on any atom is 0.327 e. The number of benzene rings is 1. The fourth-order valence-corrected chi connectivity index (χ4v) is 3.93. The molecule has 8 N–H and O–H groups in total. The van der Waals surface area contributed by atoms with Crippen molar-refractivity contribution in [1.82, 2.24) is 15.5 Å². The van der Waals surface area contributed by atoms with E-state index in [9.17, 15) is 9.59 Å². The van der Waals surface area contributed by atoms with Gasteiger partial charge in [0.05, 0.1) is 12.8 Å². The van der Waals surface area contributed by atoms with Crippen molar-refractivity contribution in [2.75, 3.05) is 38.2 Å². The molecule has 0 bridgehead atoms. The number of hydrogen-bond donors (Lipinski definition) is 5. The van der Waals surface area contributed by atoms with Gasteiger partial charge < -0.3 is 32.6 Å². The summed E-state index contributed by atoms with van der Waals surface area (Å²) in [4.78, 5) is 28.2. The van der Waals surface area contributed by atoms with Crippen LogP contribution in [0.2, 0.25) is 0 Å². The maximum absolute atomic E-state index is 12.7. The van der Waals surface area contributed by atoms with Crippen LogP contribution < -0.4 is 32.7 Å². The minimum absolute atomic E-state index is 0.233. The molecule has 10 heteroatoms. The highest BCUT2D eigenvalue weighted by Gasteiger charge is 2.31. The highest BCUT2D eigenvalue weighted by atomic mass is 16.5. The van der Waals surface area contributed by atoms with E-state index in [0.29, 0.717) is 19.5 Å². The number of carbonyl (C=O) groups excluding carboxylic acids is 2. The Morgan fingerprint density at radius 2 is 1.82 bits per heavy atom. The standard InChI is InChI=1S/C23H35N7O3/c1-33-22(31)20(26)13-18-12-17-15-30(23(32)28-21(17)27-18)19-6-4-16(5-7-19)14-29(10-2-8-24)11-3-9-25/h4-7,12,15,20-21,27H,2-3,8-11,13-14,24-26H2,1H3,(H,28,32). The quantitative estimate of drug-likeness (QED) is 0.281. The molecule has 0 aromatic heterocycles. The molecule has 10 nitrogen and oxygen atoms in total. The van der Waals surface area contributed by atoms with Crippen LogP contribution in [0.25, 0.3) is 0 Å². The molecule has 0 spiro atoms. The summed E-state index contributed by atoms with van der Waals surface area (Å²) < 4.78 is 4.68. The number of methoxy groups -OCH3 is 1. The molecule has 180 valence electrons. The van der Waals surface area contributed by atoms with Crippen LogP contribution in [0.4, 0.5) is 10.5 Å². The summed E-state index contributed by atoms with van der Waals surface area (Å²) in [5, 5.41) is 6.13. The van der Waals surface area contributed by atoms with Crippen LogP contribution in [-0.2, 0) is 16.1 Å². The van der Waals surface area contributed by atoms with Crippen LogP contribution in [0.1, 0.15) is 24.8 Å². The number of esters is 1. The Morgan fingerprint density at radius 3 is 2.42 bits per heavy atom. The lowest BCUT2D eigenvalue weighted by atomic mass is 10.1. The molecule has 2 unspecified atom stereocenters. The summed E-state index contributed by atoms with van der Waals surface area (Å²) in [5.41, 5.74) is 20.8. The SMILES string of the molecule is COC(=O)C(N)CC1=CC2=CN(c3ccc(CN(CCCN)CCCN)cc3)C(=O)NC2N1. The number of ether oxygens (including phenoxy) is 1. The third-order valence-corrected chi connectivity index (χ3v) is 5.69. The van der Waals surface area contributed by atoms with E-state index in [-0.39, 0.29) is 12.2 Å². The zero-order valence-corrected chi connectivity index (χ0v) is 19.1. The van der Waals surface area contributed by atoms with E-state index in [1.165, 1.54) is 7.11 Å². The van der Waals surface area contributed by atoms with Crippen LogP contribution in [0.5, 0.6) is 0 Å². The first-order valence-electron chi connectivity index (χ1n) is 11.3. The molecule has 0 saturated heterocycles. The van der Waals surface area contributed by atoms with Gasteiger partial charge in [-0.2, -0.15) is 0 Å². The van der Waals surface area contributed by atoms with Crippen LogP contribution in [-0.4, -0.2) is 62.4 Å². The van der Waals surface area contributed by atoms with E-state index in [1.807, 2.05) is 30.3 Å². The molecule has 2 amide bonds. The summed E-state index contributed by atoms with van der Waals surface area (Å²) in [6, 6.07) is 6.96. The topological polar surface area (TPSA) is 152 Å². The van der Waals surface area contributed by atoms with Gasteiger partial charge in [-0.25, -0.2) is 4.79 Å². The minimum Gasteiger partial charge on any atom is -0.468 e. The molecule has 3 rings (SSSR count). The van der Waals surface area contributed by atoms with Gasteiger partial charge in [0.25, 0.3) is 0 Å². The Hall–Kier alpha value is -2.92. The second-order valence-electron chi connectivity index (χ2n) is 8.26. The summed E-state index contributed by atoms with van der Waals surface area (Å²) in [6.45, 7) is 4.00. The molecular formula is C23H35N7O3. The van der Waals surface area contributed by atoms with Gasteiger partial charge in [-0.1, -0.05) is 12.1 Å². The van der Waals surface area contributed by atoms with Crippen LogP contribution in [0, 0.1) is 0 Å². The van der Waals surface area contributed by atoms with E-state index in [0.717, 1.165) is 55.0 Å². The number of fused-ring (bicyclic) bond motifs is 1. The Kier molecular flexibility index (Phi) is 8.84. The van der Waals surface area contributed by atoms with Gasteiger partial charge >= 0.3 is 12.0 Å². The molecule has 1 aromatic carbocycles. The van der Waals surface area contributed by atoms with E-state index in [1.54, 1.807) is 11.1 Å². The van der Waals surface area contributed by atoms with E-state index >= 15 is 0 Å². The predicted molar refractivity (Wildman–Crippen MR) is 128 cm³/mol. The van der Waals surface area contributed by atoms with Crippen molar-refractivity contribution >= 4 is 17.7 Å². The van der Waals surface area contributed by atoms with Gasteiger partial charge in [0, 0.05) is 30.4 Å². The van der Waals surface area contributed by atoms with Crippen LogP contribution in [0.15, 0.2) is 47.8 Å². The molecule has 2 atom stereocenters. The fourth-order valence-electron chi connectivity index (χ4n) is 3.93. The molecule has 0 fully saturated rings. The van der Waals surface area contributed by atoms with Gasteiger partial charge in [-0.3, -0.25) is 14.6 Å². The van der Waals surface area contributed by atoms with E-state index < -0.39 is 12.0 Å². The normalized spacial score (nSPS) is 18.3. The number of urea groups is 1. The lowest BCUT2D eigenvalue weighted by Crippen LogP contribution is -2.52. The zero-order valence-electron chi connectivity index (χ0n) is 19.1. The Bertz CT molecular complexity index is 877. The zero-order chi connectivity index (χ0) is 23.8. The fraction of sp³-hybridized carbons (Fsp3) is 0.478. The van der Waals surface area contributed by atoms with Gasteiger partial charge in [0.2, 0.25) is 0 Å². The van der Waals surface area contributed by atoms with Crippen molar-refractivity contribution < 1.29 is 14.3 Å². The lowest BCUT2D eigenvalue weighted by Gasteiger charge is -2.29. The molecule has 2 aliphatic heterocycles. The number of nitrogens with one attached hydrogen (secondary N) is 2. The number of nitrogens with zero attached hydrogens (tertiary/aromatic N) is 2. The summed E-state index contributed by atoms with van der Waals surface area (Å²) >= 11 is 0. The average molecular weight is 458 g/mol. The van der Waals surface area contributed by atoms with Gasteiger partial charge in [0.15, 0.2) is 0 Å². The smallest absolute Gasteiger partial charge is 0.327 e. The van der Waals surface area contributed by atoms with E-state index in [2.05, 4.69) is 20.3 Å². The van der Waals surface area contributed by atoms with Crippen molar-refractivity contribution in [2.45, 2.75) is 38.0 Å². The molecule has 2 heterocycles. The van der Waals surface area contributed by atoms with Gasteiger partial charge in [0.1, 0.15) is 12.2 Å². The maximum atomic E-state index is 12.7. The van der Waals surface area contributed by atoms with Gasteiger partial charge in [-0.15, -0.1) is 0 Å². The number of amides is 2. The minimum atomic E-state index is -0.761. The second kappa shape index (κ2) is 11.8. The van der Waals surface area contributed by atoms with Crippen molar-refractivity contribution in [3.8, 4) is 0 Å². The predicted octanol–water partition coefficient (Wildman–Crippen LogP) is 0.303. The highest BCUT2D eigenvalue weighted by molar-refractivity contribution is 5.96. The van der Waals surface area contributed by atoms with E-state index in [4.69, 9.17) is 17.2 Å². The summed E-state index contributed by atoms with van der Waals surface area (Å²) in [7, 11) is 1.31. The average Bonchev–Trinajstić information content (AvgIpc) is 3.20. The number of nitrogens with two attached hydrogens (primary N) is 3. The largest absolute Gasteiger partial charge is 0.468 e. The summed E-state index contributed by atoms with van der Waals surface area (Å²) in [6.07, 6.45) is 5.55. The molecule has 33 heavy (non-hydrogen) atoms.